The molecule has 3 heterocycles. The zero-order valence-electron chi connectivity index (χ0n) is 15.1. The number of aryl methyl sites for hydroxylation is 2. The fourth-order valence-electron chi connectivity index (χ4n) is 2.99. The van der Waals surface area contributed by atoms with Gasteiger partial charge in [0.15, 0.2) is 0 Å². The van der Waals surface area contributed by atoms with Crippen molar-refractivity contribution in [3.63, 3.8) is 0 Å². The Bertz CT molecular complexity index is 1200. The van der Waals surface area contributed by atoms with E-state index in [9.17, 15) is 9.18 Å². The summed E-state index contributed by atoms with van der Waals surface area (Å²) < 4.78 is 17.8. The van der Waals surface area contributed by atoms with Gasteiger partial charge in [-0.25, -0.2) is 4.39 Å². The molecule has 0 aliphatic heterocycles. The second kappa shape index (κ2) is 7.81. The molecule has 1 aromatic carbocycles. The highest BCUT2D eigenvalue weighted by Crippen LogP contribution is 2.33. The molecule has 0 spiro atoms. The minimum Gasteiger partial charge on any atom is -0.323 e. The minimum absolute atomic E-state index is 0.114. The van der Waals surface area contributed by atoms with Crippen LogP contribution < -0.4 is 5.32 Å². The number of aromatic nitrogens is 3. The molecule has 0 fully saturated rings. The third-order valence-corrected chi connectivity index (χ3v) is 6.66. The Morgan fingerprint density at radius 2 is 2.11 bits per heavy atom. The molecule has 1 amide bonds. The summed E-state index contributed by atoms with van der Waals surface area (Å²) in [6.45, 7) is 4.13. The molecule has 9 heteroatoms. The number of nitrogens with zero attached hydrogens (tertiary/aromatic N) is 3. The van der Waals surface area contributed by atoms with Gasteiger partial charge in [-0.1, -0.05) is 34.6 Å². The third kappa shape index (κ3) is 3.66. The number of carbonyl (C=O) groups is 1. The molecular formula is C19H16BrFN4OS2. The van der Waals surface area contributed by atoms with Gasteiger partial charge in [0.25, 0.3) is 0 Å². The van der Waals surface area contributed by atoms with Crippen LogP contribution in [0.5, 0.6) is 0 Å². The van der Waals surface area contributed by atoms with Crippen molar-refractivity contribution >= 4 is 66.4 Å². The molecule has 5 nitrogen and oxygen atoms in total. The predicted octanol–water partition coefficient (Wildman–Crippen LogP) is 5.45. The largest absolute Gasteiger partial charge is 0.323 e. The average Bonchev–Trinajstić information content (AvgIpc) is 3.18. The fourth-order valence-corrected chi connectivity index (χ4v) is 5.01. The highest BCUT2D eigenvalue weighted by atomic mass is 79.9. The molecule has 0 aliphatic carbocycles. The number of carbonyl (C=O) groups excluding carboxylic acids is 1. The first-order valence-corrected chi connectivity index (χ1v) is 11.2. The molecule has 0 saturated heterocycles. The van der Waals surface area contributed by atoms with Crippen molar-refractivity contribution in [2.45, 2.75) is 25.3 Å². The molecule has 0 saturated carbocycles. The number of thioether (sulfide) groups is 1. The van der Waals surface area contributed by atoms with Crippen LogP contribution in [-0.2, 0) is 11.2 Å². The molecule has 0 unspecified atom stereocenters. The Morgan fingerprint density at radius 3 is 2.86 bits per heavy atom. The number of rotatable bonds is 5. The van der Waals surface area contributed by atoms with Crippen LogP contribution in [0.2, 0.25) is 0 Å². The second-order valence-corrected chi connectivity index (χ2v) is 9.38. The topological polar surface area (TPSA) is 59.3 Å². The zero-order chi connectivity index (χ0) is 19.8. The fraction of sp³-hybridized carbons (Fsp3) is 0.211. The molecule has 0 radical (unpaired) electrons. The van der Waals surface area contributed by atoms with Gasteiger partial charge >= 0.3 is 0 Å². The standard InChI is InChI=1S/C19H16BrFN4OS2/c1-3-17-23-24-19(15-8-16-14(25(15)17)6-10(2)28-16)27-9-18(26)22-13-5-4-11(20)7-12(13)21/h4-8H,3,9H2,1-2H3,(H,22,26). The molecular weight excluding hydrogens is 463 g/mol. The van der Waals surface area contributed by atoms with Crippen molar-refractivity contribution < 1.29 is 9.18 Å². The summed E-state index contributed by atoms with van der Waals surface area (Å²) in [6, 6.07) is 8.76. The second-order valence-electron chi connectivity index (χ2n) is 6.21. The smallest absolute Gasteiger partial charge is 0.234 e. The van der Waals surface area contributed by atoms with Crippen LogP contribution in [0.3, 0.4) is 0 Å². The third-order valence-electron chi connectivity index (χ3n) is 4.21. The van der Waals surface area contributed by atoms with E-state index in [4.69, 9.17) is 0 Å². The van der Waals surface area contributed by atoms with Crippen LogP contribution in [0, 0.1) is 12.7 Å². The minimum atomic E-state index is -0.482. The molecule has 3 aromatic heterocycles. The lowest BCUT2D eigenvalue weighted by Gasteiger charge is -2.08. The highest BCUT2D eigenvalue weighted by molar-refractivity contribution is 9.10. The molecule has 4 aromatic rings. The normalized spacial score (nSPS) is 11.4. The van der Waals surface area contributed by atoms with E-state index in [1.807, 2.05) is 6.92 Å². The molecule has 28 heavy (non-hydrogen) atoms. The summed E-state index contributed by atoms with van der Waals surface area (Å²) in [4.78, 5) is 13.5. The van der Waals surface area contributed by atoms with Gasteiger partial charge in [-0.15, -0.1) is 21.5 Å². The van der Waals surface area contributed by atoms with Gasteiger partial charge in [-0.05, 0) is 37.3 Å². The van der Waals surface area contributed by atoms with Gasteiger partial charge < -0.3 is 5.32 Å². The predicted molar refractivity (Wildman–Crippen MR) is 116 cm³/mol. The van der Waals surface area contributed by atoms with Crippen LogP contribution in [0.15, 0.2) is 39.8 Å². The van der Waals surface area contributed by atoms with E-state index in [0.717, 1.165) is 23.3 Å². The van der Waals surface area contributed by atoms with Crippen molar-refractivity contribution in [1.29, 1.82) is 0 Å². The zero-order valence-corrected chi connectivity index (χ0v) is 18.3. The lowest BCUT2D eigenvalue weighted by Crippen LogP contribution is -2.15. The summed E-state index contributed by atoms with van der Waals surface area (Å²) in [5.74, 6) is 0.219. The SMILES string of the molecule is CCc1nnc(SCC(=O)Nc2ccc(Br)cc2F)c2cc3sc(C)cc3n12. The lowest BCUT2D eigenvalue weighted by molar-refractivity contribution is -0.113. The number of fused-ring (bicyclic) bond motifs is 3. The van der Waals surface area contributed by atoms with Crippen LogP contribution in [0.25, 0.3) is 15.7 Å². The van der Waals surface area contributed by atoms with Crippen LogP contribution in [-0.4, -0.2) is 26.3 Å². The maximum absolute atomic E-state index is 13.9. The maximum Gasteiger partial charge on any atom is 0.234 e. The van der Waals surface area contributed by atoms with Crippen molar-refractivity contribution in [1.82, 2.24) is 14.6 Å². The van der Waals surface area contributed by atoms with Gasteiger partial charge in [0.2, 0.25) is 5.91 Å². The number of benzene rings is 1. The number of hydrogen-bond acceptors (Lipinski definition) is 5. The van der Waals surface area contributed by atoms with Crippen LogP contribution in [0.1, 0.15) is 17.6 Å². The van der Waals surface area contributed by atoms with E-state index < -0.39 is 5.82 Å². The first-order valence-electron chi connectivity index (χ1n) is 8.61. The van der Waals surface area contributed by atoms with E-state index in [1.165, 1.54) is 33.5 Å². The molecule has 0 aliphatic rings. The van der Waals surface area contributed by atoms with Crippen molar-refractivity contribution in [3.8, 4) is 0 Å². The van der Waals surface area contributed by atoms with Gasteiger partial charge in [-0.2, -0.15) is 0 Å². The number of anilines is 1. The van der Waals surface area contributed by atoms with Crippen molar-refractivity contribution in [2.24, 2.45) is 0 Å². The Morgan fingerprint density at radius 1 is 1.29 bits per heavy atom. The number of thiophene rings is 1. The monoisotopic (exact) mass is 478 g/mol. The highest BCUT2D eigenvalue weighted by Gasteiger charge is 2.16. The van der Waals surface area contributed by atoms with Gasteiger partial charge in [-0.3, -0.25) is 9.20 Å². The van der Waals surface area contributed by atoms with E-state index in [2.05, 4.69) is 54.9 Å². The first kappa shape index (κ1) is 19.4. The molecule has 144 valence electrons. The van der Waals surface area contributed by atoms with Crippen molar-refractivity contribution in [2.75, 3.05) is 11.1 Å². The Hall–Kier alpha value is -1.97. The number of halogens is 2. The summed E-state index contributed by atoms with van der Waals surface area (Å²) in [7, 11) is 0. The summed E-state index contributed by atoms with van der Waals surface area (Å²) in [5, 5.41) is 11.9. The van der Waals surface area contributed by atoms with Gasteiger partial charge in [0.05, 0.1) is 27.2 Å². The molecule has 1 N–H and O–H groups in total. The lowest BCUT2D eigenvalue weighted by atomic mass is 10.3. The maximum atomic E-state index is 13.9. The van der Waals surface area contributed by atoms with E-state index in [0.29, 0.717) is 9.50 Å². The van der Waals surface area contributed by atoms with Crippen LogP contribution in [0.4, 0.5) is 10.1 Å². The number of amides is 1. The number of hydrogen-bond donors (Lipinski definition) is 1. The Balaban J connectivity index is 1.58. The molecule has 0 atom stereocenters. The summed E-state index contributed by atoms with van der Waals surface area (Å²) >= 11 is 6.22. The van der Waals surface area contributed by atoms with Gasteiger partial charge in [0, 0.05) is 15.8 Å². The van der Waals surface area contributed by atoms with E-state index >= 15 is 0 Å². The van der Waals surface area contributed by atoms with E-state index in [-0.39, 0.29) is 17.3 Å². The Labute approximate surface area is 177 Å². The quantitative estimate of drug-likeness (QED) is 0.387. The summed E-state index contributed by atoms with van der Waals surface area (Å²) in [5.41, 5.74) is 2.22. The Kier molecular flexibility index (Phi) is 5.39. The van der Waals surface area contributed by atoms with Crippen LogP contribution >= 0.6 is 39.0 Å². The number of nitrogens with one attached hydrogen (secondary N) is 1. The summed E-state index contributed by atoms with van der Waals surface area (Å²) in [6.07, 6.45) is 0.760. The average molecular weight is 479 g/mol. The van der Waals surface area contributed by atoms with Gasteiger partial charge in [0.1, 0.15) is 16.7 Å². The first-order chi connectivity index (χ1) is 13.5. The molecule has 0 bridgehead atoms. The van der Waals surface area contributed by atoms with Crippen molar-refractivity contribution in [3.05, 3.63) is 51.3 Å². The van der Waals surface area contributed by atoms with E-state index in [1.54, 1.807) is 17.4 Å². The molecule has 4 rings (SSSR count).